The predicted molar refractivity (Wildman–Crippen MR) is 217 cm³/mol. The maximum atomic E-state index is 14.5. The molecule has 13 heteroatoms. The molecule has 13 nitrogen and oxygen atoms in total. The molecule has 2 bridgehead atoms. The normalized spacial score (nSPS) is 31.7. The van der Waals surface area contributed by atoms with E-state index in [0.29, 0.717) is 64.6 Å². The summed E-state index contributed by atoms with van der Waals surface area (Å²) in [6, 6.07) is 5.68. The van der Waals surface area contributed by atoms with Gasteiger partial charge < -0.3 is 34.8 Å². The van der Waals surface area contributed by atoms with Crippen molar-refractivity contribution in [2.75, 3.05) is 33.7 Å². The van der Waals surface area contributed by atoms with E-state index in [2.05, 4.69) is 5.32 Å². The lowest BCUT2D eigenvalue weighted by atomic mass is 9.81. The van der Waals surface area contributed by atoms with Gasteiger partial charge in [0.1, 0.15) is 30.3 Å². The molecule has 1 aromatic carbocycles. The Bertz CT molecular complexity index is 1570. The molecule has 4 heterocycles. The lowest BCUT2D eigenvalue weighted by Gasteiger charge is -2.39. The standard InChI is InChI=1S/C44H69N5O8/c1-11-28(3)37-42(55)49-21-15-18-34(49)43(56)57-36(44(6,7)8)25-27(2)24-35(50)29(4)39(52)48-22-19-32(20-23-48)38(51)45-33(26-31-16-13-12-14-17-31)41(54)46(9)30(5)40(53)47(37)10/h12-14,16-17,27-30,32-37,50H,11,15,18-26H2,1-10H3,(H,45,51)/t27-,28-,29+,30+,33-,34-,35-,36-,37-/m0/s1. The van der Waals surface area contributed by atoms with Crippen LogP contribution in [0.25, 0.3) is 0 Å². The van der Waals surface area contributed by atoms with Crippen LogP contribution in [0, 0.1) is 29.1 Å². The summed E-state index contributed by atoms with van der Waals surface area (Å²) in [5, 5.41) is 14.3. The monoisotopic (exact) mass is 796 g/mol. The summed E-state index contributed by atoms with van der Waals surface area (Å²) < 4.78 is 6.25. The number of aliphatic hydroxyl groups is 1. The first kappa shape index (κ1) is 45.7. The molecule has 0 radical (unpaired) electrons. The van der Waals surface area contributed by atoms with Crippen LogP contribution in [0.5, 0.6) is 0 Å². The minimum atomic E-state index is -0.980. The van der Waals surface area contributed by atoms with Crippen molar-refractivity contribution in [3.8, 4) is 0 Å². The van der Waals surface area contributed by atoms with Gasteiger partial charge in [-0.25, -0.2) is 4.79 Å². The Hall–Kier alpha value is -4.00. The molecule has 0 aliphatic carbocycles. The Kier molecular flexibility index (Phi) is 15.7. The van der Waals surface area contributed by atoms with E-state index >= 15 is 0 Å². The average Bonchev–Trinajstić information content (AvgIpc) is 3.68. The minimum Gasteiger partial charge on any atom is -0.460 e. The maximum Gasteiger partial charge on any atom is 0.329 e. The SMILES string of the molecule is CC[C@H](C)[C@H]1C(=O)N2CCC[C@H]2C(=O)O[C@H](C(C)(C)C)C[C@@H](C)C[C@H](O)[C@@H](C)C(=O)N2CCC(CC2)C(=O)N[C@@H](Cc2ccccc2)C(=O)N(C)[C@H](C)C(=O)N1C. The molecule has 1 aromatic rings. The number of hydrogen-bond acceptors (Lipinski definition) is 8. The van der Waals surface area contributed by atoms with E-state index in [1.807, 2.05) is 71.9 Å². The van der Waals surface area contributed by atoms with Crippen molar-refractivity contribution in [3.63, 3.8) is 0 Å². The van der Waals surface area contributed by atoms with Gasteiger partial charge >= 0.3 is 5.97 Å². The molecule has 57 heavy (non-hydrogen) atoms. The fourth-order valence-corrected chi connectivity index (χ4v) is 8.52. The zero-order chi connectivity index (χ0) is 42.4. The topological polar surface area (TPSA) is 157 Å². The van der Waals surface area contributed by atoms with Crippen LogP contribution in [0.15, 0.2) is 30.3 Å². The van der Waals surface area contributed by atoms with Crippen molar-refractivity contribution in [3.05, 3.63) is 35.9 Å². The van der Waals surface area contributed by atoms with Crippen LogP contribution < -0.4 is 5.32 Å². The number of carbonyl (C=O) groups is 6. The van der Waals surface area contributed by atoms with Crippen LogP contribution in [-0.2, 0) is 39.9 Å². The first-order valence-electron chi connectivity index (χ1n) is 21.1. The van der Waals surface area contributed by atoms with Gasteiger partial charge in [0, 0.05) is 46.1 Å². The smallest absolute Gasteiger partial charge is 0.329 e. The van der Waals surface area contributed by atoms with Gasteiger partial charge in [-0.2, -0.15) is 0 Å². The quantitative estimate of drug-likeness (QED) is 0.342. The molecule has 0 aromatic heterocycles. The minimum absolute atomic E-state index is 0.0985. The van der Waals surface area contributed by atoms with Gasteiger partial charge in [-0.05, 0) is 68.3 Å². The van der Waals surface area contributed by atoms with Crippen LogP contribution in [0.4, 0.5) is 0 Å². The third kappa shape index (κ3) is 11.1. The fourth-order valence-electron chi connectivity index (χ4n) is 8.52. The summed E-state index contributed by atoms with van der Waals surface area (Å²) in [6.07, 6.45) is 1.96. The number of likely N-dealkylation sites (N-methyl/N-ethyl adjacent to an activating group) is 2. The number of esters is 1. The van der Waals surface area contributed by atoms with E-state index < -0.39 is 71.4 Å². The van der Waals surface area contributed by atoms with Gasteiger partial charge in [-0.1, -0.05) is 85.2 Å². The Labute approximate surface area is 340 Å². The number of ether oxygens (including phenoxy) is 1. The zero-order valence-corrected chi connectivity index (χ0v) is 36.0. The molecule has 0 unspecified atom stereocenters. The van der Waals surface area contributed by atoms with E-state index in [1.54, 1.807) is 30.7 Å². The van der Waals surface area contributed by atoms with Crippen molar-refractivity contribution in [1.29, 1.82) is 0 Å². The number of piperidine rings is 1. The molecule has 4 fully saturated rings. The third-order valence-corrected chi connectivity index (χ3v) is 12.8. The Morgan fingerprint density at radius 3 is 2.07 bits per heavy atom. The number of rotatable bonds is 4. The summed E-state index contributed by atoms with van der Waals surface area (Å²) in [5.74, 6) is -3.65. The molecule has 4 aliphatic rings. The molecule has 4 saturated heterocycles. The molecule has 2 N–H and O–H groups in total. The van der Waals surface area contributed by atoms with Crippen molar-refractivity contribution < 1.29 is 38.6 Å². The predicted octanol–water partition coefficient (Wildman–Crippen LogP) is 4.05. The van der Waals surface area contributed by atoms with E-state index in [9.17, 15) is 33.9 Å². The van der Waals surface area contributed by atoms with Gasteiger partial charge in [0.05, 0.1) is 12.0 Å². The van der Waals surface area contributed by atoms with Gasteiger partial charge in [-0.15, -0.1) is 0 Å². The summed E-state index contributed by atoms with van der Waals surface area (Å²) in [5.41, 5.74) is 0.386. The highest BCUT2D eigenvalue weighted by Gasteiger charge is 2.45. The van der Waals surface area contributed by atoms with E-state index in [-0.39, 0.29) is 36.0 Å². The number of hydrogen-bond donors (Lipinski definition) is 2. The Balaban J connectivity index is 1.70. The highest BCUT2D eigenvalue weighted by atomic mass is 16.5. The van der Waals surface area contributed by atoms with Crippen LogP contribution in [-0.4, -0.2) is 130 Å². The lowest BCUT2D eigenvalue weighted by Crippen LogP contribution is -2.59. The molecule has 0 spiro atoms. The van der Waals surface area contributed by atoms with Crippen molar-refractivity contribution in [1.82, 2.24) is 24.9 Å². The van der Waals surface area contributed by atoms with Gasteiger partial charge in [0.15, 0.2) is 0 Å². The molecule has 318 valence electrons. The fraction of sp³-hybridized carbons (Fsp3) is 0.727. The molecule has 0 saturated carbocycles. The van der Waals surface area contributed by atoms with Gasteiger partial charge in [-0.3, -0.25) is 24.0 Å². The molecular formula is C44H69N5O8. The molecule has 5 rings (SSSR count). The van der Waals surface area contributed by atoms with Crippen molar-refractivity contribution in [2.24, 2.45) is 29.1 Å². The largest absolute Gasteiger partial charge is 0.460 e. The number of nitrogens with one attached hydrogen (secondary N) is 1. The summed E-state index contributed by atoms with van der Waals surface area (Å²) in [7, 11) is 3.11. The number of carbonyl (C=O) groups excluding carboxylic acids is 6. The van der Waals surface area contributed by atoms with Crippen LogP contribution in [0.2, 0.25) is 0 Å². The Morgan fingerprint density at radius 1 is 0.842 bits per heavy atom. The van der Waals surface area contributed by atoms with E-state index in [1.165, 1.54) is 16.8 Å². The average molecular weight is 796 g/mol. The van der Waals surface area contributed by atoms with E-state index in [0.717, 1.165) is 5.56 Å². The number of benzene rings is 1. The second-order valence-electron chi connectivity index (χ2n) is 18.2. The third-order valence-electron chi connectivity index (χ3n) is 12.8. The first-order chi connectivity index (χ1) is 26.8. The van der Waals surface area contributed by atoms with Crippen molar-refractivity contribution >= 4 is 35.5 Å². The summed E-state index contributed by atoms with van der Waals surface area (Å²) >= 11 is 0. The van der Waals surface area contributed by atoms with Crippen molar-refractivity contribution in [2.45, 2.75) is 143 Å². The lowest BCUT2D eigenvalue weighted by molar-refractivity contribution is -0.166. The maximum absolute atomic E-state index is 14.5. The highest BCUT2D eigenvalue weighted by molar-refractivity contribution is 5.95. The van der Waals surface area contributed by atoms with Crippen LogP contribution in [0.1, 0.15) is 106 Å². The van der Waals surface area contributed by atoms with Crippen LogP contribution in [0.3, 0.4) is 0 Å². The van der Waals surface area contributed by atoms with Gasteiger partial charge in [0.2, 0.25) is 29.5 Å². The highest BCUT2D eigenvalue weighted by Crippen LogP contribution is 2.33. The summed E-state index contributed by atoms with van der Waals surface area (Å²) in [6.45, 7) is 16.2. The summed E-state index contributed by atoms with van der Waals surface area (Å²) in [4.78, 5) is 90.6. The molecule has 5 amide bonds. The number of nitrogens with zero attached hydrogens (tertiary/aromatic N) is 4. The molecular weight excluding hydrogens is 727 g/mol. The Morgan fingerprint density at radius 2 is 1.47 bits per heavy atom. The second-order valence-corrected chi connectivity index (χ2v) is 18.2. The zero-order valence-electron chi connectivity index (χ0n) is 36.0. The number of fused-ring (bicyclic) bond motifs is 19. The number of aliphatic hydroxyl groups excluding tert-OH is 1. The van der Waals surface area contributed by atoms with Gasteiger partial charge in [0.25, 0.3) is 0 Å². The molecule has 4 aliphatic heterocycles. The van der Waals surface area contributed by atoms with Crippen LogP contribution >= 0.6 is 0 Å². The molecule has 9 atom stereocenters. The number of amides is 5. The second kappa shape index (κ2) is 19.6. The van der Waals surface area contributed by atoms with E-state index in [4.69, 9.17) is 4.74 Å². The first-order valence-corrected chi connectivity index (χ1v) is 21.1.